The number of hydrogen-bond donors (Lipinski definition) is 2. The molecule has 0 bridgehead atoms. The van der Waals surface area contributed by atoms with E-state index in [4.69, 9.17) is 4.74 Å². The van der Waals surface area contributed by atoms with Crippen LogP contribution in [0.2, 0.25) is 0 Å². The van der Waals surface area contributed by atoms with Gasteiger partial charge in [-0.15, -0.1) is 11.8 Å². The van der Waals surface area contributed by atoms with Crippen LogP contribution in [-0.4, -0.2) is 28.6 Å². The number of aromatic nitrogens is 1. The van der Waals surface area contributed by atoms with Gasteiger partial charge in [0.25, 0.3) is 0 Å². The van der Waals surface area contributed by atoms with E-state index in [1.54, 1.807) is 24.0 Å². The topological polar surface area (TPSA) is 63.2 Å². The summed E-state index contributed by atoms with van der Waals surface area (Å²) in [4.78, 5) is 16.1. The van der Waals surface area contributed by atoms with Crippen LogP contribution in [0.15, 0.2) is 42.6 Å². The minimum atomic E-state index is -0.319. The Morgan fingerprint density at radius 3 is 2.96 bits per heavy atom. The maximum Gasteiger partial charge on any atom is 0.238 e. The molecule has 120 valence electrons. The third kappa shape index (κ3) is 4.43. The first-order valence-electron chi connectivity index (χ1n) is 7.18. The average Bonchev–Trinajstić information content (AvgIpc) is 3.10. The molecule has 0 saturated carbocycles. The molecule has 5 nitrogen and oxygen atoms in total. The van der Waals surface area contributed by atoms with Gasteiger partial charge in [-0.25, -0.2) is 9.37 Å². The summed E-state index contributed by atoms with van der Waals surface area (Å²) in [7, 11) is 0. The Kier molecular flexibility index (Phi) is 5.09. The number of thioether (sulfide) groups is 1. The molecule has 2 N–H and O–H groups in total. The molecule has 0 spiro atoms. The van der Waals surface area contributed by atoms with Gasteiger partial charge in [0.15, 0.2) is 0 Å². The molecular formula is C16H16FN3O2S. The van der Waals surface area contributed by atoms with Crippen molar-refractivity contribution in [2.75, 3.05) is 11.6 Å². The summed E-state index contributed by atoms with van der Waals surface area (Å²) in [5.74, 6) is 2.18. The zero-order valence-electron chi connectivity index (χ0n) is 12.3. The SMILES string of the molecule is O=C(NCc1ccnc(Oc2ccc(F)cc2)c1)C1CSCN1. The smallest absolute Gasteiger partial charge is 0.238 e. The first-order chi connectivity index (χ1) is 11.2. The van der Waals surface area contributed by atoms with Gasteiger partial charge in [-0.2, -0.15) is 0 Å². The maximum absolute atomic E-state index is 12.9. The van der Waals surface area contributed by atoms with Gasteiger partial charge < -0.3 is 10.1 Å². The monoisotopic (exact) mass is 333 g/mol. The van der Waals surface area contributed by atoms with Crippen LogP contribution >= 0.6 is 11.8 Å². The van der Waals surface area contributed by atoms with Crippen LogP contribution in [0.3, 0.4) is 0 Å². The van der Waals surface area contributed by atoms with Gasteiger partial charge in [-0.3, -0.25) is 10.1 Å². The number of rotatable bonds is 5. The third-order valence-corrected chi connectivity index (χ3v) is 4.27. The zero-order chi connectivity index (χ0) is 16.1. The Bertz CT molecular complexity index is 675. The van der Waals surface area contributed by atoms with Crippen LogP contribution in [-0.2, 0) is 11.3 Å². The Balaban J connectivity index is 1.58. The van der Waals surface area contributed by atoms with Crippen LogP contribution in [0.25, 0.3) is 0 Å². The van der Waals surface area contributed by atoms with Crippen molar-refractivity contribution >= 4 is 17.7 Å². The summed E-state index contributed by atoms with van der Waals surface area (Å²) in [6.45, 7) is 0.407. The van der Waals surface area contributed by atoms with Crippen LogP contribution < -0.4 is 15.4 Å². The number of hydrogen-bond acceptors (Lipinski definition) is 5. The van der Waals surface area contributed by atoms with Crippen molar-refractivity contribution in [2.45, 2.75) is 12.6 Å². The van der Waals surface area contributed by atoms with Crippen LogP contribution in [0, 0.1) is 5.82 Å². The van der Waals surface area contributed by atoms with E-state index in [-0.39, 0.29) is 17.8 Å². The van der Waals surface area contributed by atoms with Crippen molar-refractivity contribution in [3.8, 4) is 11.6 Å². The van der Waals surface area contributed by atoms with Crippen LogP contribution in [0.4, 0.5) is 4.39 Å². The zero-order valence-corrected chi connectivity index (χ0v) is 13.1. The van der Waals surface area contributed by atoms with E-state index < -0.39 is 0 Å². The van der Waals surface area contributed by atoms with Gasteiger partial charge in [0.1, 0.15) is 11.6 Å². The number of nitrogens with zero attached hydrogens (tertiary/aromatic N) is 1. The van der Waals surface area contributed by atoms with Crippen LogP contribution in [0.1, 0.15) is 5.56 Å². The highest BCUT2D eigenvalue weighted by Gasteiger charge is 2.21. The molecule has 1 atom stereocenters. The van der Waals surface area contributed by atoms with E-state index in [0.29, 0.717) is 18.2 Å². The molecule has 3 rings (SSSR count). The van der Waals surface area contributed by atoms with E-state index in [1.807, 2.05) is 6.07 Å². The number of halogens is 1. The van der Waals surface area contributed by atoms with E-state index in [2.05, 4.69) is 15.6 Å². The molecule has 1 amide bonds. The summed E-state index contributed by atoms with van der Waals surface area (Å²) >= 11 is 1.71. The van der Waals surface area contributed by atoms with E-state index in [1.165, 1.54) is 24.3 Å². The second-order valence-corrected chi connectivity index (χ2v) is 6.08. The standard InChI is InChI=1S/C16H16FN3O2S/c17-12-1-3-13(4-2-12)22-15-7-11(5-6-18-15)8-19-16(21)14-9-23-10-20-14/h1-7,14,20H,8-10H2,(H,19,21). The fraction of sp³-hybridized carbons (Fsp3) is 0.250. The lowest BCUT2D eigenvalue weighted by Gasteiger charge is -2.11. The van der Waals surface area contributed by atoms with Gasteiger partial charge in [0.2, 0.25) is 11.8 Å². The fourth-order valence-corrected chi connectivity index (χ4v) is 3.06. The molecule has 1 aliphatic heterocycles. The van der Waals surface area contributed by atoms with Crippen molar-refractivity contribution in [1.82, 2.24) is 15.6 Å². The highest BCUT2D eigenvalue weighted by Crippen LogP contribution is 2.20. The predicted octanol–water partition coefficient (Wildman–Crippen LogP) is 2.29. The molecule has 1 aromatic carbocycles. The van der Waals surface area contributed by atoms with E-state index >= 15 is 0 Å². The quantitative estimate of drug-likeness (QED) is 0.879. The van der Waals surface area contributed by atoms with Crippen molar-refractivity contribution in [3.05, 3.63) is 54.0 Å². The molecule has 0 aliphatic carbocycles. The van der Waals surface area contributed by atoms with Gasteiger partial charge in [-0.05, 0) is 35.9 Å². The number of nitrogens with one attached hydrogen (secondary N) is 2. The summed E-state index contributed by atoms with van der Waals surface area (Å²) in [6, 6.07) is 9.16. The molecule has 1 unspecified atom stereocenters. The molecule has 23 heavy (non-hydrogen) atoms. The minimum absolute atomic E-state index is 0.00665. The second-order valence-electron chi connectivity index (χ2n) is 5.05. The summed E-state index contributed by atoms with van der Waals surface area (Å²) < 4.78 is 18.5. The molecule has 7 heteroatoms. The fourth-order valence-electron chi connectivity index (χ4n) is 2.12. The van der Waals surface area contributed by atoms with E-state index in [9.17, 15) is 9.18 Å². The Morgan fingerprint density at radius 1 is 1.39 bits per heavy atom. The molecule has 1 aliphatic rings. The lowest BCUT2D eigenvalue weighted by atomic mass is 10.2. The highest BCUT2D eigenvalue weighted by atomic mass is 32.2. The Morgan fingerprint density at radius 2 is 2.22 bits per heavy atom. The highest BCUT2D eigenvalue weighted by molar-refractivity contribution is 7.99. The van der Waals surface area contributed by atoms with Gasteiger partial charge in [0.05, 0.1) is 6.04 Å². The van der Waals surface area contributed by atoms with Crippen molar-refractivity contribution < 1.29 is 13.9 Å². The lowest BCUT2D eigenvalue weighted by molar-refractivity contribution is -0.122. The number of carbonyl (C=O) groups excluding carboxylic acids is 1. The molecule has 1 fully saturated rings. The average molecular weight is 333 g/mol. The molecule has 1 saturated heterocycles. The maximum atomic E-state index is 12.9. The number of amides is 1. The van der Waals surface area contributed by atoms with Gasteiger partial charge in [0, 0.05) is 30.4 Å². The first-order valence-corrected chi connectivity index (χ1v) is 8.33. The Hall–Kier alpha value is -2.12. The third-order valence-electron chi connectivity index (χ3n) is 3.33. The minimum Gasteiger partial charge on any atom is -0.439 e. The summed E-state index contributed by atoms with van der Waals surface area (Å²) in [6.07, 6.45) is 1.62. The molecular weight excluding hydrogens is 317 g/mol. The molecule has 2 heterocycles. The molecule has 0 radical (unpaired) electrons. The number of ether oxygens (including phenoxy) is 1. The van der Waals surface area contributed by atoms with Gasteiger partial charge >= 0.3 is 0 Å². The van der Waals surface area contributed by atoms with Crippen molar-refractivity contribution in [2.24, 2.45) is 0 Å². The molecule has 1 aromatic heterocycles. The number of benzene rings is 1. The van der Waals surface area contributed by atoms with E-state index in [0.717, 1.165) is 17.2 Å². The van der Waals surface area contributed by atoms with Gasteiger partial charge in [-0.1, -0.05) is 0 Å². The summed E-state index contributed by atoms with van der Waals surface area (Å²) in [5, 5.41) is 6.02. The Labute approximate surface area is 137 Å². The van der Waals surface area contributed by atoms with Crippen molar-refractivity contribution in [1.29, 1.82) is 0 Å². The number of carbonyl (C=O) groups is 1. The predicted molar refractivity (Wildman–Crippen MR) is 86.8 cm³/mol. The van der Waals surface area contributed by atoms with Crippen LogP contribution in [0.5, 0.6) is 11.6 Å². The first kappa shape index (κ1) is 15.8. The number of pyridine rings is 1. The van der Waals surface area contributed by atoms with Crippen molar-refractivity contribution in [3.63, 3.8) is 0 Å². The largest absolute Gasteiger partial charge is 0.439 e. The summed E-state index contributed by atoms with van der Waals surface area (Å²) in [5.41, 5.74) is 0.885. The normalized spacial score (nSPS) is 17.0. The lowest BCUT2D eigenvalue weighted by Crippen LogP contribution is -2.41. The second kappa shape index (κ2) is 7.43. The molecule has 2 aromatic rings.